The van der Waals surface area contributed by atoms with Crippen LogP contribution in [0.3, 0.4) is 0 Å². The minimum atomic E-state index is -2.82. The van der Waals surface area contributed by atoms with E-state index in [9.17, 15) is 36.7 Å². The van der Waals surface area contributed by atoms with E-state index in [2.05, 4.69) is 150 Å². The van der Waals surface area contributed by atoms with Crippen LogP contribution in [-0.2, 0) is 69.5 Å². The van der Waals surface area contributed by atoms with Crippen LogP contribution < -0.4 is 0 Å². The van der Waals surface area contributed by atoms with Crippen molar-refractivity contribution in [2.24, 2.45) is 49.9 Å². The lowest BCUT2D eigenvalue weighted by atomic mass is 9.76. The summed E-state index contributed by atoms with van der Waals surface area (Å²) in [6.45, 7) is 25.4. The monoisotopic (exact) mass is 1410 g/mol. The van der Waals surface area contributed by atoms with Crippen LogP contribution in [-0.4, -0.2) is 63.0 Å². The van der Waals surface area contributed by atoms with E-state index in [4.69, 9.17) is 42.1 Å². The topological polar surface area (TPSA) is 176 Å². The predicted molar refractivity (Wildman–Crippen MR) is 369 cm³/mol. The first-order chi connectivity index (χ1) is 46.9. The maximum atomic E-state index is 13.3. The number of ether oxygens (including phenoxy) is 4. The van der Waals surface area contributed by atoms with Gasteiger partial charge in [-0.1, -0.05) is 163 Å². The molecule has 22 heteroatoms. The standard InChI is InChI=1S/2C20H22F2N2O2.2C19H21ClN2O2/c1-11-5-6-12-14-7-8-20(15(12)9-11,19(14,2)3)26-18(25)13-10-24(4)23-16(13)17(21)22;1-11-6-5-7-12-14-8-9-20(15(11)12,19(14,2)3)26-18(25)13-10-24(4)23-16(13)17(21)22;1-11-5-6-12-14-7-8-19(15(12)9-11,18(14,2)3)24-17(23)13-10-21-22(4)16(13)20;1-11-6-5-7-12-14-8-9-19(15(11)12,18(14,2)3)24-17(23)13-10-21-22(4)16(13)20/h5-6,9-10,14,17H,7-8H2,1-4H3;5-7,10,14,17H,8-9H2,1-4H3;5-6,9-10,14H,7-8H2,1-4H3;5-7,10,14H,8-9H2,1-4H3. The second-order valence-corrected chi connectivity index (χ2v) is 31.8. The second kappa shape index (κ2) is 24.3. The molecule has 4 heterocycles. The van der Waals surface area contributed by atoms with Gasteiger partial charge in [0.25, 0.3) is 12.9 Å². The molecule has 4 aromatic carbocycles. The molecule has 0 aliphatic heterocycles. The number of alkyl halides is 4. The average molecular weight is 1410 g/mol. The zero-order chi connectivity index (χ0) is 72.3. The largest absolute Gasteiger partial charge is 0.450 e. The number of carbonyl (C=O) groups excluding carboxylic acids is 4. The summed E-state index contributed by atoms with van der Waals surface area (Å²) in [7, 11) is 6.46. The lowest BCUT2D eigenvalue weighted by Crippen LogP contribution is -2.40. The average Bonchev–Trinajstić information content (AvgIpc) is 1.55. The van der Waals surface area contributed by atoms with E-state index in [1.807, 2.05) is 26.0 Å². The van der Waals surface area contributed by atoms with E-state index in [0.717, 1.165) is 66.3 Å². The number of hydrogen-bond acceptors (Lipinski definition) is 12. The van der Waals surface area contributed by atoms with Crippen molar-refractivity contribution in [3.63, 3.8) is 0 Å². The molecule has 8 aliphatic carbocycles. The van der Waals surface area contributed by atoms with Crippen LogP contribution in [0.5, 0.6) is 0 Å². The van der Waals surface area contributed by atoms with Crippen molar-refractivity contribution < 1.29 is 55.7 Å². The van der Waals surface area contributed by atoms with Gasteiger partial charge in [-0.05, 0) is 147 Å². The van der Waals surface area contributed by atoms with Crippen molar-refractivity contribution in [3.8, 4) is 0 Å². The van der Waals surface area contributed by atoms with Crippen molar-refractivity contribution in [3.05, 3.63) is 208 Å². The summed E-state index contributed by atoms with van der Waals surface area (Å²) in [5.74, 6) is -0.790. The fourth-order valence-corrected chi connectivity index (χ4v) is 19.9. The van der Waals surface area contributed by atoms with Crippen LogP contribution in [0.1, 0.15) is 263 Å². The molecule has 16 nitrogen and oxygen atoms in total. The van der Waals surface area contributed by atoms with Gasteiger partial charge in [0.2, 0.25) is 0 Å². The molecule has 8 aromatic rings. The Morgan fingerprint density at radius 3 is 1.09 bits per heavy atom. The summed E-state index contributed by atoms with van der Waals surface area (Å²) in [6.07, 6.45) is 6.98. The number of nitrogens with zero attached hydrogens (tertiary/aromatic N) is 8. The summed E-state index contributed by atoms with van der Waals surface area (Å²) in [5, 5.41) is 16.2. The Bertz CT molecular complexity index is 4680. The Morgan fingerprint density at radius 2 is 0.760 bits per heavy atom. The fourth-order valence-electron chi connectivity index (χ4n) is 19.6. The van der Waals surface area contributed by atoms with Gasteiger partial charge < -0.3 is 18.9 Å². The Hall–Kier alpha value is -8.10. The molecule has 0 radical (unpaired) electrons. The van der Waals surface area contributed by atoms with E-state index in [-0.39, 0.29) is 32.8 Å². The molecule has 8 unspecified atom stereocenters. The summed E-state index contributed by atoms with van der Waals surface area (Å²) < 4.78 is 83.0. The Labute approximate surface area is 590 Å². The van der Waals surface area contributed by atoms with E-state index >= 15 is 0 Å². The molecule has 4 fully saturated rings. The molecular weight excluding hydrogens is 1320 g/mol. The lowest BCUT2D eigenvalue weighted by molar-refractivity contribution is -0.0692. The highest BCUT2D eigenvalue weighted by Crippen LogP contribution is 2.72. The van der Waals surface area contributed by atoms with E-state index in [1.165, 1.54) is 96.6 Å². The molecule has 0 saturated heterocycles. The third-order valence-corrected chi connectivity index (χ3v) is 25.7. The number of fused-ring (bicyclic) bond motifs is 20. The third-order valence-electron chi connectivity index (χ3n) is 24.8. The molecule has 4 aromatic heterocycles. The van der Waals surface area contributed by atoms with Gasteiger partial charge in [-0.25, -0.2) is 36.7 Å². The van der Waals surface area contributed by atoms with Gasteiger partial charge in [-0.3, -0.25) is 18.7 Å². The molecule has 8 atom stereocenters. The minimum Gasteiger partial charge on any atom is -0.450 e. The highest BCUT2D eigenvalue weighted by atomic mass is 35.5. The second-order valence-electron chi connectivity index (χ2n) is 31.1. The van der Waals surface area contributed by atoms with Crippen LogP contribution in [0.15, 0.2) is 97.6 Å². The van der Waals surface area contributed by atoms with Crippen molar-refractivity contribution in [2.45, 2.75) is 193 Å². The molecule has 8 aliphatic rings. The summed E-state index contributed by atoms with van der Waals surface area (Å²) in [4.78, 5) is 51.5. The van der Waals surface area contributed by atoms with Crippen LogP contribution >= 0.6 is 23.2 Å². The quantitative estimate of drug-likeness (QED) is 0.0720. The molecule has 16 rings (SSSR count). The smallest absolute Gasteiger partial charge is 0.343 e. The van der Waals surface area contributed by atoms with E-state index in [0.29, 0.717) is 57.9 Å². The van der Waals surface area contributed by atoms with Gasteiger partial charge in [-0.15, -0.1) is 0 Å². The molecule has 8 bridgehead atoms. The zero-order valence-corrected chi connectivity index (χ0v) is 61.0. The number of hydrogen-bond donors (Lipinski definition) is 0. The van der Waals surface area contributed by atoms with Crippen LogP contribution in [0.25, 0.3) is 0 Å². The van der Waals surface area contributed by atoms with Gasteiger partial charge in [0.05, 0.1) is 12.4 Å². The highest BCUT2D eigenvalue weighted by molar-refractivity contribution is 6.33. The highest BCUT2D eigenvalue weighted by Gasteiger charge is 2.69. The molecule has 100 heavy (non-hydrogen) atoms. The maximum Gasteiger partial charge on any atom is 0.343 e. The predicted octanol–water partition coefficient (Wildman–Crippen LogP) is 18.0. The summed E-state index contributed by atoms with van der Waals surface area (Å²) in [6, 6.07) is 25.3. The number of aryl methyl sites for hydroxylation is 8. The van der Waals surface area contributed by atoms with Crippen molar-refractivity contribution in [2.75, 3.05) is 0 Å². The lowest BCUT2D eigenvalue weighted by Gasteiger charge is -2.38. The first-order valence-electron chi connectivity index (χ1n) is 34.3. The normalized spacial score (nSPS) is 26.0. The Kier molecular flexibility index (Phi) is 17.1. The molecule has 0 amide bonds. The first-order valence-corrected chi connectivity index (χ1v) is 35.0. The van der Waals surface area contributed by atoms with Crippen LogP contribution in [0, 0.1) is 49.4 Å². The minimum absolute atomic E-state index is 0.131. The van der Waals surface area contributed by atoms with Crippen molar-refractivity contribution in [1.82, 2.24) is 39.1 Å². The molecule has 4 saturated carbocycles. The third kappa shape index (κ3) is 10.2. The Morgan fingerprint density at radius 1 is 0.450 bits per heavy atom. The molecule has 0 N–H and O–H groups in total. The Balaban J connectivity index is 0.000000120. The number of halogens is 6. The van der Waals surface area contributed by atoms with Crippen LogP contribution in [0.2, 0.25) is 10.3 Å². The van der Waals surface area contributed by atoms with Gasteiger partial charge in [-0.2, -0.15) is 20.4 Å². The van der Waals surface area contributed by atoms with Gasteiger partial charge in [0.1, 0.15) is 66.4 Å². The van der Waals surface area contributed by atoms with Gasteiger partial charge in [0, 0.05) is 73.4 Å². The molecule has 0 spiro atoms. The summed E-state index contributed by atoms with van der Waals surface area (Å²) in [5.41, 5.74) is 9.76. The van der Waals surface area contributed by atoms with Crippen molar-refractivity contribution in [1.29, 1.82) is 0 Å². The summed E-state index contributed by atoms with van der Waals surface area (Å²) >= 11 is 12.4. The molecule has 528 valence electrons. The van der Waals surface area contributed by atoms with Crippen LogP contribution in [0.4, 0.5) is 17.6 Å². The molecular formula is C78H86Cl2F4N8O8. The first kappa shape index (κ1) is 70.3. The van der Waals surface area contributed by atoms with Gasteiger partial charge in [0.15, 0.2) is 0 Å². The number of rotatable bonds is 10. The number of benzene rings is 4. The zero-order valence-electron chi connectivity index (χ0n) is 59.5. The number of esters is 4. The van der Waals surface area contributed by atoms with Crippen molar-refractivity contribution >= 4 is 47.1 Å². The van der Waals surface area contributed by atoms with Gasteiger partial charge >= 0.3 is 23.9 Å². The van der Waals surface area contributed by atoms with E-state index < -0.39 is 70.5 Å². The maximum absolute atomic E-state index is 13.3. The SMILES string of the molecule is Cc1ccc2c(c1)C1(OC(=O)c3cn(C)nc3C(F)F)CCC2C1(C)C.Cc1ccc2c(c1)C1(OC(=O)c3cnn(C)c3Cl)CCC2C1(C)C.Cc1cccc2c1C1(OC(=O)c3cn(C)nc3C(F)F)CCC2C1(C)C.Cc1cccc2c1C1(OC(=O)c3cnn(C)c3Cl)CCC2C1(C)C. The number of aromatic nitrogens is 8. The number of carbonyl (C=O) groups is 4. The van der Waals surface area contributed by atoms with E-state index in [1.54, 1.807) is 14.1 Å². The fraction of sp³-hybridized carbons (Fsp3) is 0.487.